The maximum atomic E-state index is 12.8. The number of nitrogens with one attached hydrogen (secondary N) is 1. The molecule has 152 valence electrons. The maximum absolute atomic E-state index is 12.8. The van der Waals surface area contributed by atoms with E-state index >= 15 is 0 Å². The van der Waals surface area contributed by atoms with Gasteiger partial charge in [0.15, 0.2) is 0 Å². The Morgan fingerprint density at radius 2 is 1.93 bits per heavy atom. The average Bonchev–Trinajstić information content (AvgIpc) is 2.95. The highest BCUT2D eigenvalue weighted by Gasteiger charge is 2.29. The number of aryl methyl sites for hydroxylation is 1. The first-order valence-electron chi connectivity index (χ1n) is 10.4. The van der Waals surface area contributed by atoms with Crippen LogP contribution in [0.15, 0.2) is 30.5 Å². The molecule has 2 aliphatic heterocycles. The Balaban J connectivity index is 1.49. The largest absolute Gasteiger partial charge is 0.343 e. The lowest BCUT2D eigenvalue weighted by atomic mass is 10.1. The number of hydrogen-bond acceptors (Lipinski definition) is 3. The highest BCUT2D eigenvalue weighted by Crippen LogP contribution is 2.41. The van der Waals surface area contributed by atoms with Crippen LogP contribution in [0.3, 0.4) is 0 Å². The van der Waals surface area contributed by atoms with Gasteiger partial charge in [0.1, 0.15) is 5.69 Å². The third-order valence-corrected chi connectivity index (χ3v) is 5.90. The molecule has 29 heavy (non-hydrogen) atoms. The molecular weight excluding hydrogens is 384 g/mol. The van der Waals surface area contributed by atoms with Gasteiger partial charge in [-0.3, -0.25) is 4.79 Å². The van der Waals surface area contributed by atoms with Crippen LogP contribution in [0, 0.1) is 11.8 Å². The molecule has 6 heteroatoms. The first-order chi connectivity index (χ1) is 14.1. The van der Waals surface area contributed by atoms with E-state index in [9.17, 15) is 4.79 Å². The average molecular weight is 411 g/mol. The van der Waals surface area contributed by atoms with E-state index in [1.54, 1.807) is 10.8 Å². The van der Waals surface area contributed by atoms with Crippen LogP contribution in [-0.2, 0) is 7.05 Å². The lowest BCUT2D eigenvalue weighted by Gasteiger charge is -2.25. The number of rotatable bonds is 4. The van der Waals surface area contributed by atoms with Gasteiger partial charge < -0.3 is 19.7 Å². The molecule has 0 saturated carbocycles. The Morgan fingerprint density at radius 1 is 1.14 bits per heavy atom. The van der Waals surface area contributed by atoms with Crippen molar-refractivity contribution in [1.82, 2.24) is 9.47 Å². The monoisotopic (exact) mass is 410 g/mol. The summed E-state index contributed by atoms with van der Waals surface area (Å²) in [5, 5.41) is 3.55. The van der Waals surface area contributed by atoms with E-state index in [1.807, 2.05) is 36.2 Å². The van der Waals surface area contributed by atoms with Gasteiger partial charge in [-0.25, -0.2) is 0 Å². The molecule has 0 aliphatic carbocycles. The van der Waals surface area contributed by atoms with Crippen molar-refractivity contribution in [2.24, 2.45) is 7.05 Å². The van der Waals surface area contributed by atoms with E-state index in [1.165, 1.54) is 32.4 Å². The third-order valence-electron chi connectivity index (χ3n) is 5.63. The number of aromatic nitrogens is 1. The fraction of sp³-hybridized carbons (Fsp3) is 0.435. The summed E-state index contributed by atoms with van der Waals surface area (Å²) in [6, 6.07) is 7.78. The molecule has 1 fully saturated rings. The minimum Gasteiger partial charge on any atom is -0.343 e. The van der Waals surface area contributed by atoms with Crippen LogP contribution in [0.2, 0.25) is 5.02 Å². The van der Waals surface area contributed by atoms with Crippen molar-refractivity contribution in [3.05, 3.63) is 41.2 Å². The fourth-order valence-electron chi connectivity index (χ4n) is 4.18. The van der Waals surface area contributed by atoms with Crippen LogP contribution in [0.4, 0.5) is 17.1 Å². The number of halogens is 1. The smallest absolute Gasteiger partial charge is 0.274 e. The molecule has 0 radical (unpaired) electrons. The molecule has 2 aromatic rings. The van der Waals surface area contributed by atoms with Crippen molar-refractivity contribution in [3.63, 3.8) is 0 Å². The number of likely N-dealkylation sites (tertiary alicyclic amines) is 1. The van der Waals surface area contributed by atoms with Crippen molar-refractivity contribution in [2.75, 3.05) is 36.4 Å². The summed E-state index contributed by atoms with van der Waals surface area (Å²) < 4.78 is 1.78. The van der Waals surface area contributed by atoms with Gasteiger partial charge in [0.25, 0.3) is 5.91 Å². The summed E-state index contributed by atoms with van der Waals surface area (Å²) in [4.78, 5) is 17.3. The van der Waals surface area contributed by atoms with Crippen LogP contribution >= 0.6 is 11.6 Å². The SMILES string of the molecule is Cn1cc(Cl)c2c1C(=O)Nc1ccccc1N2CC#CCCCN1CCCCC1. The van der Waals surface area contributed by atoms with Gasteiger partial charge >= 0.3 is 0 Å². The molecule has 0 spiro atoms. The van der Waals surface area contributed by atoms with E-state index in [4.69, 9.17) is 11.6 Å². The van der Waals surface area contributed by atoms with Gasteiger partial charge in [-0.1, -0.05) is 36.1 Å². The molecule has 1 saturated heterocycles. The number of hydrogen-bond donors (Lipinski definition) is 1. The topological polar surface area (TPSA) is 40.5 Å². The highest BCUT2D eigenvalue weighted by atomic mass is 35.5. The van der Waals surface area contributed by atoms with Crippen LogP contribution in [0.1, 0.15) is 42.6 Å². The molecule has 2 aliphatic rings. The quantitative estimate of drug-likeness (QED) is 0.589. The summed E-state index contributed by atoms with van der Waals surface area (Å²) in [6.07, 6.45) is 7.78. The lowest BCUT2D eigenvalue weighted by Crippen LogP contribution is -2.30. The molecule has 1 N–H and O–H groups in total. The minimum atomic E-state index is -0.154. The first kappa shape index (κ1) is 19.9. The molecule has 1 amide bonds. The number of nitrogens with zero attached hydrogens (tertiary/aromatic N) is 3. The predicted octanol–water partition coefficient (Wildman–Crippen LogP) is 4.65. The highest BCUT2D eigenvalue weighted by molar-refractivity contribution is 6.35. The number of benzene rings is 1. The molecule has 0 bridgehead atoms. The zero-order valence-corrected chi connectivity index (χ0v) is 17.6. The Labute approximate surface area is 177 Å². The van der Waals surface area contributed by atoms with Crippen LogP contribution in [-0.4, -0.2) is 41.6 Å². The van der Waals surface area contributed by atoms with E-state index in [0.717, 1.165) is 36.4 Å². The van der Waals surface area contributed by atoms with E-state index < -0.39 is 0 Å². The van der Waals surface area contributed by atoms with Gasteiger partial charge in [-0.15, -0.1) is 5.92 Å². The second-order valence-corrected chi connectivity index (χ2v) is 8.11. The molecule has 5 nitrogen and oxygen atoms in total. The molecule has 0 unspecified atom stereocenters. The van der Waals surface area contributed by atoms with Gasteiger partial charge in [-0.2, -0.15) is 0 Å². The van der Waals surface area contributed by atoms with Gasteiger partial charge in [0.05, 0.1) is 28.6 Å². The third kappa shape index (κ3) is 4.29. The van der Waals surface area contributed by atoms with E-state index in [2.05, 4.69) is 22.1 Å². The number of para-hydroxylation sites is 2. The summed E-state index contributed by atoms with van der Waals surface area (Å²) >= 11 is 6.51. The fourth-order valence-corrected chi connectivity index (χ4v) is 4.52. The number of anilines is 3. The number of unbranched alkanes of at least 4 members (excludes halogenated alkanes) is 1. The number of amides is 1. The van der Waals surface area contributed by atoms with Crippen molar-refractivity contribution in [2.45, 2.75) is 32.1 Å². The Kier molecular flexibility index (Phi) is 6.13. The number of carbonyl (C=O) groups excluding carboxylic acids is 1. The second-order valence-electron chi connectivity index (χ2n) is 7.70. The predicted molar refractivity (Wildman–Crippen MR) is 119 cm³/mol. The van der Waals surface area contributed by atoms with Gasteiger partial charge in [-0.05, 0) is 51.0 Å². The number of fused-ring (bicyclic) bond motifs is 2. The van der Waals surface area contributed by atoms with Crippen LogP contribution in [0.25, 0.3) is 0 Å². The Morgan fingerprint density at radius 3 is 2.76 bits per heavy atom. The summed E-state index contributed by atoms with van der Waals surface area (Å²) in [5.74, 6) is 6.47. The zero-order chi connectivity index (χ0) is 20.2. The Bertz CT molecular complexity index is 950. The van der Waals surface area contributed by atoms with Crippen molar-refractivity contribution >= 4 is 34.6 Å². The van der Waals surface area contributed by atoms with Gasteiger partial charge in [0, 0.05) is 19.7 Å². The Hall–Kier alpha value is -2.42. The van der Waals surface area contributed by atoms with Crippen LogP contribution < -0.4 is 10.2 Å². The standard InChI is InChI=1S/C23H27ClN4O/c1-26-17-18(24)21-22(26)23(29)25-19-11-5-6-12-20(19)28(21)16-10-3-2-7-13-27-14-8-4-9-15-27/h5-6,11-12,17H,2,4,7-9,13-16H2,1H3,(H,25,29). The minimum absolute atomic E-state index is 0.154. The van der Waals surface area contributed by atoms with Crippen LogP contribution in [0.5, 0.6) is 0 Å². The van der Waals surface area contributed by atoms with Crippen molar-refractivity contribution < 1.29 is 4.79 Å². The normalized spacial score (nSPS) is 16.3. The maximum Gasteiger partial charge on any atom is 0.274 e. The molecule has 1 aromatic heterocycles. The summed E-state index contributed by atoms with van der Waals surface area (Å²) in [6.45, 7) is 4.09. The lowest BCUT2D eigenvalue weighted by molar-refractivity contribution is 0.102. The van der Waals surface area contributed by atoms with E-state index in [-0.39, 0.29) is 5.91 Å². The van der Waals surface area contributed by atoms with Gasteiger partial charge in [0.2, 0.25) is 0 Å². The number of piperidine rings is 1. The molecule has 1 aromatic carbocycles. The second kappa shape index (κ2) is 8.94. The van der Waals surface area contributed by atoms with Crippen molar-refractivity contribution in [1.29, 1.82) is 0 Å². The molecule has 4 rings (SSSR count). The molecule has 0 atom stereocenters. The zero-order valence-electron chi connectivity index (χ0n) is 16.9. The number of carbonyl (C=O) groups is 1. The summed E-state index contributed by atoms with van der Waals surface area (Å²) in [7, 11) is 1.84. The van der Waals surface area contributed by atoms with Crippen molar-refractivity contribution in [3.8, 4) is 11.8 Å². The summed E-state index contributed by atoms with van der Waals surface area (Å²) in [5.41, 5.74) is 2.96. The van der Waals surface area contributed by atoms with E-state index in [0.29, 0.717) is 17.3 Å². The molecular formula is C23H27ClN4O. The molecule has 3 heterocycles. The first-order valence-corrected chi connectivity index (χ1v) is 10.7.